The van der Waals surface area contributed by atoms with Crippen molar-refractivity contribution in [3.63, 3.8) is 0 Å². The number of amides is 1. The van der Waals surface area contributed by atoms with E-state index in [0.717, 1.165) is 37.2 Å². The molecule has 1 aromatic rings. The Morgan fingerprint density at radius 1 is 1.43 bits per heavy atom. The summed E-state index contributed by atoms with van der Waals surface area (Å²) in [5.74, 6) is 1.54. The zero-order valence-corrected chi connectivity index (χ0v) is 14.4. The first-order valence-corrected chi connectivity index (χ1v) is 8.73. The lowest BCUT2D eigenvalue weighted by atomic mass is 9.67. The van der Waals surface area contributed by atoms with Crippen LogP contribution in [0.25, 0.3) is 0 Å². The molecule has 4 nitrogen and oxygen atoms in total. The largest absolute Gasteiger partial charge is 0.496 e. The van der Waals surface area contributed by atoms with Crippen molar-refractivity contribution in [1.29, 1.82) is 0 Å². The van der Waals surface area contributed by atoms with Gasteiger partial charge in [-0.15, -0.1) is 0 Å². The highest BCUT2D eigenvalue weighted by atomic mass is 16.5. The summed E-state index contributed by atoms with van der Waals surface area (Å²) >= 11 is 0. The third-order valence-corrected chi connectivity index (χ3v) is 5.69. The van der Waals surface area contributed by atoms with Crippen molar-refractivity contribution in [3.8, 4) is 5.75 Å². The molecule has 2 aliphatic rings. The molecule has 126 valence electrons. The maximum Gasteiger partial charge on any atom is 0.228 e. The zero-order valence-electron chi connectivity index (χ0n) is 14.4. The number of rotatable bonds is 4. The van der Waals surface area contributed by atoms with E-state index in [-0.39, 0.29) is 17.4 Å². The van der Waals surface area contributed by atoms with Gasteiger partial charge in [-0.1, -0.05) is 30.5 Å². The first kappa shape index (κ1) is 16.3. The Bertz CT molecular complexity index is 587. The van der Waals surface area contributed by atoms with Gasteiger partial charge in [0.15, 0.2) is 0 Å². The smallest absolute Gasteiger partial charge is 0.228 e. The summed E-state index contributed by atoms with van der Waals surface area (Å²) in [4.78, 5) is 13.1. The Morgan fingerprint density at radius 2 is 2.26 bits per heavy atom. The van der Waals surface area contributed by atoms with Gasteiger partial charge in [-0.3, -0.25) is 4.79 Å². The van der Waals surface area contributed by atoms with Gasteiger partial charge in [-0.25, -0.2) is 0 Å². The predicted octanol–water partition coefficient (Wildman–Crippen LogP) is 2.96. The topological polar surface area (TPSA) is 50.4 Å². The molecule has 23 heavy (non-hydrogen) atoms. The molecule has 1 saturated carbocycles. The quantitative estimate of drug-likeness (QED) is 0.898. The monoisotopic (exact) mass is 316 g/mol. The molecule has 0 aromatic heterocycles. The molecule has 2 fully saturated rings. The van der Waals surface area contributed by atoms with Crippen LogP contribution in [0.15, 0.2) is 18.2 Å². The summed E-state index contributed by atoms with van der Waals surface area (Å²) in [6.07, 6.45) is 4.59. The van der Waals surface area contributed by atoms with E-state index in [4.69, 9.17) is 4.74 Å². The van der Waals surface area contributed by atoms with Gasteiger partial charge in [0.05, 0.1) is 18.6 Å². The lowest BCUT2D eigenvalue weighted by molar-refractivity contribution is -0.134. The first-order valence-electron chi connectivity index (χ1n) is 8.73. The Hall–Kier alpha value is -1.55. The van der Waals surface area contributed by atoms with Crippen LogP contribution in [-0.2, 0) is 4.79 Å². The van der Waals surface area contributed by atoms with Crippen LogP contribution in [0.5, 0.6) is 5.75 Å². The fourth-order valence-electron chi connectivity index (χ4n) is 4.30. The van der Waals surface area contributed by atoms with Gasteiger partial charge in [0.1, 0.15) is 5.75 Å². The van der Waals surface area contributed by atoms with E-state index >= 15 is 0 Å². The molecule has 1 aliphatic heterocycles. The van der Waals surface area contributed by atoms with E-state index < -0.39 is 0 Å². The lowest BCUT2D eigenvalue weighted by Crippen LogP contribution is -2.48. The minimum Gasteiger partial charge on any atom is -0.496 e. The number of hydrogen-bond acceptors (Lipinski definition) is 3. The summed E-state index contributed by atoms with van der Waals surface area (Å²) in [6.45, 7) is 5.91. The molecule has 0 spiro atoms. The second-order valence-corrected chi connectivity index (χ2v) is 7.17. The average molecular weight is 316 g/mol. The van der Waals surface area contributed by atoms with Gasteiger partial charge in [0.2, 0.25) is 5.91 Å². The van der Waals surface area contributed by atoms with Crippen molar-refractivity contribution >= 4 is 5.91 Å². The number of fused-ring (bicyclic) bond motifs is 1. The summed E-state index contributed by atoms with van der Waals surface area (Å²) in [5, 5.41) is 6.72. The first-order chi connectivity index (χ1) is 11.1. The van der Waals surface area contributed by atoms with Gasteiger partial charge in [-0.2, -0.15) is 0 Å². The van der Waals surface area contributed by atoms with E-state index in [2.05, 4.69) is 23.6 Å². The molecule has 1 aliphatic carbocycles. The van der Waals surface area contributed by atoms with Crippen LogP contribution in [0.2, 0.25) is 0 Å². The van der Waals surface area contributed by atoms with Crippen LogP contribution in [-0.4, -0.2) is 26.1 Å². The van der Waals surface area contributed by atoms with E-state index in [1.165, 1.54) is 18.4 Å². The molecular weight excluding hydrogens is 288 g/mol. The molecule has 1 saturated heterocycles. The minimum absolute atomic E-state index is 0.0464. The third-order valence-electron chi connectivity index (χ3n) is 5.69. The SMILES string of the molecule is COc1ccc(C)cc1C(C)NC(=O)[C@@]12CCCC[C@H]1CNC2. The third kappa shape index (κ3) is 2.97. The van der Waals surface area contributed by atoms with Crippen molar-refractivity contribution in [2.24, 2.45) is 11.3 Å². The fraction of sp³-hybridized carbons (Fsp3) is 0.632. The number of ether oxygens (including phenoxy) is 1. The van der Waals surface area contributed by atoms with Crippen LogP contribution >= 0.6 is 0 Å². The molecule has 0 bridgehead atoms. The normalized spacial score (nSPS) is 28.0. The van der Waals surface area contributed by atoms with Crippen LogP contribution in [0, 0.1) is 18.3 Å². The van der Waals surface area contributed by atoms with Crippen LogP contribution in [0.1, 0.15) is 49.8 Å². The number of nitrogens with one attached hydrogen (secondary N) is 2. The second kappa shape index (κ2) is 6.52. The summed E-state index contributed by atoms with van der Waals surface area (Å²) < 4.78 is 5.47. The Morgan fingerprint density at radius 3 is 3.04 bits per heavy atom. The van der Waals surface area contributed by atoms with Crippen molar-refractivity contribution in [2.45, 2.75) is 45.6 Å². The summed E-state index contributed by atoms with van der Waals surface area (Å²) in [7, 11) is 1.68. The molecule has 1 amide bonds. The second-order valence-electron chi connectivity index (χ2n) is 7.17. The number of benzene rings is 1. The van der Waals surface area contributed by atoms with Crippen molar-refractivity contribution in [3.05, 3.63) is 29.3 Å². The van der Waals surface area contributed by atoms with Gasteiger partial charge in [0.25, 0.3) is 0 Å². The van der Waals surface area contributed by atoms with Gasteiger partial charge in [0, 0.05) is 12.1 Å². The average Bonchev–Trinajstić information content (AvgIpc) is 3.00. The molecule has 2 N–H and O–H groups in total. The standard InChI is InChI=1S/C19H28N2O2/c1-13-7-8-17(23-3)16(10-13)14(2)21-18(22)19-9-5-4-6-15(19)11-20-12-19/h7-8,10,14-15,20H,4-6,9,11-12H2,1-3H3,(H,21,22)/t14?,15-,19+/m0/s1. The molecule has 1 aromatic carbocycles. The van der Waals surface area contributed by atoms with Crippen LogP contribution in [0.4, 0.5) is 0 Å². The highest BCUT2D eigenvalue weighted by molar-refractivity contribution is 5.84. The Balaban J connectivity index is 1.78. The van der Waals surface area contributed by atoms with Gasteiger partial charge in [-0.05, 0) is 45.2 Å². The molecule has 3 atom stereocenters. The maximum atomic E-state index is 13.1. The van der Waals surface area contributed by atoms with E-state index in [1.54, 1.807) is 7.11 Å². The summed E-state index contributed by atoms with van der Waals surface area (Å²) in [6, 6.07) is 6.07. The van der Waals surface area contributed by atoms with Crippen molar-refractivity contribution < 1.29 is 9.53 Å². The van der Waals surface area contributed by atoms with Crippen LogP contribution in [0.3, 0.4) is 0 Å². The fourth-order valence-corrected chi connectivity index (χ4v) is 4.30. The molecule has 3 rings (SSSR count). The van der Waals surface area contributed by atoms with Crippen molar-refractivity contribution in [2.75, 3.05) is 20.2 Å². The van der Waals surface area contributed by atoms with Crippen LogP contribution < -0.4 is 15.4 Å². The predicted molar refractivity (Wildman–Crippen MR) is 91.5 cm³/mol. The molecule has 0 radical (unpaired) electrons. The van der Waals surface area contributed by atoms with Gasteiger partial charge >= 0.3 is 0 Å². The maximum absolute atomic E-state index is 13.1. The van der Waals surface area contributed by atoms with E-state index in [9.17, 15) is 4.79 Å². The highest BCUT2D eigenvalue weighted by Crippen LogP contribution is 2.44. The number of methoxy groups -OCH3 is 1. The molecule has 4 heteroatoms. The highest BCUT2D eigenvalue weighted by Gasteiger charge is 2.50. The Labute approximate surface area is 139 Å². The molecule has 1 heterocycles. The van der Waals surface area contributed by atoms with E-state index in [0.29, 0.717) is 5.92 Å². The Kier molecular flexibility index (Phi) is 4.62. The number of aryl methyl sites for hydroxylation is 1. The summed E-state index contributed by atoms with van der Waals surface area (Å²) in [5.41, 5.74) is 2.03. The minimum atomic E-state index is -0.205. The zero-order chi connectivity index (χ0) is 16.4. The lowest BCUT2D eigenvalue weighted by Gasteiger charge is -2.38. The number of hydrogen-bond donors (Lipinski definition) is 2. The van der Waals surface area contributed by atoms with Gasteiger partial charge < -0.3 is 15.4 Å². The van der Waals surface area contributed by atoms with E-state index in [1.807, 2.05) is 19.1 Å². The number of carbonyl (C=O) groups is 1. The molecule has 1 unspecified atom stereocenters. The molecular formula is C19H28N2O2. The van der Waals surface area contributed by atoms with Crippen molar-refractivity contribution in [1.82, 2.24) is 10.6 Å². The number of carbonyl (C=O) groups excluding carboxylic acids is 1.